The molecule has 0 unspecified atom stereocenters. The van der Waals surface area contributed by atoms with Crippen LogP contribution in [0.2, 0.25) is 0 Å². The highest BCUT2D eigenvalue weighted by atomic mass is 32.2. The van der Waals surface area contributed by atoms with E-state index in [1.165, 1.54) is 6.07 Å². The summed E-state index contributed by atoms with van der Waals surface area (Å²) < 4.78 is 64.1. The van der Waals surface area contributed by atoms with Crippen LogP contribution in [0.3, 0.4) is 0 Å². The summed E-state index contributed by atoms with van der Waals surface area (Å²) in [6.07, 6.45) is 0.424. The summed E-state index contributed by atoms with van der Waals surface area (Å²) in [6, 6.07) is 4.19. The van der Waals surface area contributed by atoms with Gasteiger partial charge < -0.3 is 5.32 Å². The van der Waals surface area contributed by atoms with Crippen molar-refractivity contribution in [2.45, 2.75) is 50.1 Å². The Balaban J connectivity index is 1.88. The minimum Gasteiger partial charge on any atom is -0.352 e. The third kappa shape index (κ3) is 6.66. The second-order valence-corrected chi connectivity index (χ2v) is 7.99. The van der Waals surface area contributed by atoms with Gasteiger partial charge >= 0.3 is 6.18 Å². The number of alkyl halides is 3. The monoisotopic (exact) mass is 378 g/mol. The van der Waals surface area contributed by atoms with Crippen LogP contribution in [-0.4, -0.2) is 26.9 Å². The quantitative estimate of drug-likeness (QED) is 0.799. The first-order chi connectivity index (χ1) is 11.7. The lowest BCUT2D eigenvalue weighted by Crippen LogP contribution is -2.42. The fraction of sp³-hybridized carbons (Fsp3) is 0.562. The molecule has 0 bridgehead atoms. The van der Waals surface area contributed by atoms with Gasteiger partial charge in [0.2, 0.25) is 15.9 Å². The molecule has 1 saturated carbocycles. The zero-order chi connectivity index (χ0) is 18.5. The lowest BCUT2D eigenvalue weighted by atomic mass is 9.95. The van der Waals surface area contributed by atoms with Crippen LogP contribution in [-0.2, 0) is 26.7 Å². The Morgan fingerprint density at radius 1 is 1.16 bits per heavy atom. The molecule has 2 N–H and O–H groups in total. The van der Waals surface area contributed by atoms with Crippen molar-refractivity contribution in [1.29, 1.82) is 0 Å². The standard InChI is InChI=1S/C16H21F3N2O3S/c17-16(18,19)13-6-4-5-12(9-13)11-25(23,24)20-10-15(22)21-14-7-2-1-3-8-14/h4-6,9,14,20H,1-3,7-8,10-11H2,(H,21,22). The maximum Gasteiger partial charge on any atom is 0.416 e. The van der Waals surface area contributed by atoms with E-state index in [4.69, 9.17) is 0 Å². The van der Waals surface area contributed by atoms with Gasteiger partial charge in [-0.2, -0.15) is 13.2 Å². The first-order valence-corrected chi connectivity index (χ1v) is 9.74. The Hall–Kier alpha value is -1.61. The Morgan fingerprint density at radius 2 is 1.84 bits per heavy atom. The van der Waals surface area contributed by atoms with E-state index in [1.54, 1.807) is 0 Å². The van der Waals surface area contributed by atoms with Crippen molar-refractivity contribution in [3.63, 3.8) is 0 Å². The number of carbonyl (C=O) groups is 1. The first-order valence-electron chi connectivity index (χ1n) is 8.08. The maximum atomic E-state index is 12.7. The predicted molar refractivity (Wildman–Crippen MR) is 87.1 cm³/mol. The van der Waals surface area contributed by atoms with E-state index in [9.17, 15) is 26.4 Å². The van der Waals surface area contributed by atoms with Crippen molar-refractivity contribution in [3.8, 4) is 0 Å². The molecule has 0 spiro atoms. The fourth-order valence-corrected chi connectivity index (χ4v) is 3.88. The smallest absolute Gasteiger partial charge is 0.352 e. The molecule has 0 radical (unpaired) electrons. The molecule has 0 saturated heterocycles. The molecule has 140 valence electrons. The molecule has 9 heteroatoms. The lowest BCUT2D eigenvalue weighted by molar-refractivity contribution is -0.137. The number of nitrogens with one attached hydrogen (secondary N) is 2. The number of hydrogen-bond donors (Lipinski definition) is 2. The summed E-state index contributed by atoms with van der Waals surface area (Å²) in [5.74, 6) is -1.05. The van der Waals surface area contributed by atoms with Crippen LogP contribution in [0.1, 0.15) is 43.2 Å². The maximum absolute atomic E-state index is 12.7. The highest BCUT2D eigenvalue weighted by molar-refractivity contribution is 7.88. The zero-order valence-electron chi connectivity index (χ0n) is 13.6. The van der Waals surface area contributed by atoms with Gasteiger partial charge in [-0.1, -0.05) is 37.5 Å². The second kappa shape index (κ2) is 8.18. The molecule has 25 heavy (non-hydrogen) atoms. The SMILES string of the molecule is O=C(CNS(=O)(=O)Cc1cccc(C(F)(F)F)c1)NC1CCCCC1. The molecule has 1 aliphatic rings. The van der Waals surface area contributed by atoms with Gasteiger partial charge in [0.1, 0.15) is 0 Å². The number of benzene rings is 1. The van der Waals surface area contributed by atoms with Crippen molar-refractivity contribution >= 4 is 15.9 Å². The average molecular weight is 378 g/mol. The van der Waals surface area contributed by atoms with Gasteiger partial charge in [0.25, 0.3) is 0 Å². The van der Waals surface area contributed by atoms with Crippen LogP contribution in [0.5, 0.6) is 0 Å². The number of sulfonamides is 1. The van der Waals surface area contributed by atoms with E-state index in [0.717, 1.165) is 50.3 Å². The van der Waals surface area contributed by atoms with E-state index < -0.39 is 40.0 Å². The molecule has 0 atom stereocenters. The zero-order valence-corrected chi connectivity index (χ0v) is 14.4. The highest BCUT2D eigenvalue weighted by Gasteiger charge is 2.30. The van der Waals surface area contributed by atoms with E-state index in [0.29, 0.717) is 0 Å². The largest absolute Gasteiger partial charge is 0.416 e. The molecule has 5 nitrogen and oxygen atoms in total. The van der Waals surface area contributed by atoms with Crippen LogP contribution in [0.4, 0.5) is 13.2 Å². The second-order valence-electron chi connectivity index (χ2n) is 6.18. The van der Waals surface area contributed by atoms with Crippen LogP contribution < -0.4 is 10.0 Å². The van der Waals surface area contributed by atoms with Crippen molar-refractivity contribution in [2.24, 2.45) is 0 Å². The van der Waals surface area contributed by atoms with Crippen molar-refractivity contribution < 1.29 is 26.4 Å². The molecule has 1 fully saturated rings. The summed E-state index contributed by atoms with van der Waals surface area (Å²) in [5.41, 5.74) is -0.898. The van der Waals surface area contributed by atoms with Crippen LogP contribution in [0.15, 0.2) is 24.3 Å². The Bertz CT molecular complexity index is 699. The number of amides is 1. The van der Waals surface area contributed by atoms with Crippen LogP contribution in [0, 0.1) is 0 Å². The molecule has 2 rings (SSSR count). The molecule has 1 aromatic carbocycles. The van der Waals surface area contributed by atoms with Gasteiger partial charge in [-0.05, 0) is 24.5 Å². The summed E-state index contributed by atoms with van der Waals surface area (Å²) >= 11 is 0. The van der Waals surface area contributed by atoms with Crippen molar-refractivity contribution in [2.75, 3.05) is 6.54 Å². The topological polar surface area (TPSA) is 75.3 Å². The van der Waals surface area contributed by atoms with E-state index in [1.807, 2.05) is 0 Å². The molecule has 1 aromatic rings. The van der Waals surface area contributed by atoms with Gasteiger partial charge in [0, 0.05) is 6.04 Å². The summed E-state index contributed by atoms with van der Waals surface area (Å²) in [7, 11) is -3.91. The number of halogens is 3. The third-order valence-corrected chi connectivity index (χ3v) is 5.33. The normalized spacial score (nSPS) is 16.6. The Labute approximate surface area is 145 Å². The minimum absolute atomic E-state index is 0.00927. The first kappa shape index (κ1) is 19.7. The Morgan fingerprint density at radius 3 is 2.48 bits per heavy atom. The average Bonchev–Trinajstić information content (AvgIpc) is 2.53. The number of hydrogen-bond acceptors (Lipinski definition) is 3. The Kier molecular flexibility index (Phi) is 6.45. The van der Waals surface area contributed by atoms with Gasteiger partial charge in [-0.25, -0.2) is 13.1 Å². The van der Waals surface area contributed by atoms with Crippen LogP contribution in [0.25, 0.3) is 0 Å². The number of carbonyl (C=O) groups excluding carboxylic acids is 1. The van der Waals surface area contributed by atoms with E-state index in [2.05, 4.69) is 10.0 Å². The summed E-state index contributed by atoms with van der Waals surface area (Å²) in [4.78, 5) is 11.8. The molecular weight excluding hydrogens is 357 g/mol. The predicted octanol–water partition coefficient (Wildman–Crippen LogP) is 2.57. The van der Waals surface area contributed by atoms with Gasteiger partial charge in [0.15, 0.2) is 0 Å². The minimum atomic E-state index is -4.53. The van der Waals surface area contributed by atoms with Gasteiger partial charge in [-0.3, -0.25) is 4.79 Å². The van der Waals surface area contributed by atoms with Gasteiger partial charge in [-0.15, -0.1) is 0 Å². The van der Waals surface area contributed by atoms with Crippen LogP contribution >= 0.6 is 0 Å². The molecule has 0 aliphatic heterocycles. The molecular formula is C16H21F3N2O3S. The summed E-state index contributed by atoms with van der Waals surface area (Å²) in [6.45, 7) is -0.419. The van der Waals surface area contributed by atoms with Crippen molar-refractivity contribution in [1.82, 2.24) is 10.0 Å². The van der Waals surface area contributed by atoms with E-state index in [-0.39, 0.29) is 11.6 Å². The molecule has 0 heterocycles. The lowest BCUT2D eigenvalue weighted by Gasteiger charge is -2.22. The molecule has 1 amide bonds. The summed E-state index contributed by atoms with van der Waals surface area (Å²) in [5, 5.41) is 2.77. The van der Waals surface area contributed by atoms with Gasteiger partial charge in [0.05, 0.1) is 17.9 Å². The fourth-order valence-electron chi connectivity index (χ4n) is 2.81. The molecule has 0 aromatic heterocycles. The number of rotatable bonds is 6. The van der Waals surface area contributed by atoms with Crippen molar-refractivity contribution in [3.05, 3.63) is 35.4 Å². The third-order valence-electron chi connectivity index (χ3n) is 4.03. The highest BCUT2D eigenvalue weighted by Crippen LogP contribution is 2.29. The van der Waals surface area contributed by atoms with E-state index >= 15 is 0 Å². The molecule has 1 aliphatic carbocycles.